The van der Waals surface area contributed by atoms with E-state index in [1.54, 1.807) is 23.1 Å². The van der Waals surface area contributed by atoms with Gasteiger partial charge in [-0.15, -0.1) is 0 Å². The third-order valence-electron chi connectivity index (χ3n) is 3.37. The monoisotopic (exact) mass is 296 g/mol. The maximum absolute atomic E-state index is 12.6. The van der Waals surface area contributed by atoms with Gasteiger partial charge in [0.25, 0.3) is 5.91 Å². The molecule has 0 spiro atoms. The number of methoxy groups -OCH3 is 1. The highest BCUT2D eigenvalue weighted by atomic mass is 35.5. The molecule has 1 aliphatic heterocycles. The summed E-state index contributed by atoms with van der Waals surface area (Å²) in [5.74, 6) is 0.101. The molecule has 2 rings (SSSR count). The number of halogens is 1. The molecule has 2 amide bonds. The maximum Gasteiger partial charge on any atom is 0.258 e. The molecule has 0 aliphatic carbocycles. The Kier molecular flexibility index (Phi) is 4.49. The zero-order valence-electron chi connectivity index (χ0n) is 11.5. The van der Waals surface area contributed by atoms with Crippen LogP contribution in [0.25, 0.3) is 0 Å². The van der Waals surface area contributed by atoms with Crippen molar-refractivity contribution in [2.45, 2.75) is 19.4 Å². The molecule has 0 aromatic heterocycles. The van der Waals surface area contributed by atoms with Gasteiger partial charge in [0.05, 0.1) is 12.7 Å². The van der Waals surface area contributed by atoms with Gasteiger partial charge in [-0.2, -0.15) is 0 Å². The summed E-state index contributed by atoms with van der Waals surface area (Å²) in [7, 11) is 1.49. The predicted molar refractivity (Wildman–Crippen MR) is 76.1 cm³/mol. The van der Waals surface area contributed by atoms with Crippen molar-refractivity contribution in [3.63, 3.8) is 0 Å². The van der Waals surface area contributed by atoms with Gasteiger partial charge in [0, 0.05) is 18.1 Å². The van der Waals surface area contributed by atoms with E-state index in [0.717, 1.165) is 0 Å². The summed E-state index contributed by atoms with van der Waals surface area (Å²) in [6.07, 6.45) is 0.577. The predicted octanol–water partition coefficient (Wildman–Crippen LogP) is 1.70. The first-order chi connectivity index (χ1) is 9.58. The molecule has 6 heteroatoms. The molecule has 20 heavy (non-hydrogen) atoms. The summed E-state index contributed by atoms with van der Waals surface area (Å²) in [5.41, 5.74) is 0.421. The number of amides is 2. The molecule has 1 N–H and O–H groups in total. The van der Waals surface area contributed by atoms with Crippen LogP contribution in [0.5, 0.6) is 5.75 Å². The van der Waals surface area contributed by atoms with Crippen LogP contribution in [-0.2, 0) is 4.79 Å². The van der Waals surface area contributed by atoms with Gasteiger partial charge in [-0.3, -0.25) is 9.59 Å². The standard InChI is InChI=1S/C14H17ClN2O3/c1-3-11-13(18)16-6-7-17(11)14(19)10-5-4-9(15)8-12(10)20-2/h4-5,8,11H,3,6-7H2,1-2H3,(H,16,18). The van der Waals surface area contributed by atoms with E-state index in [4.69, 9.17) is 16.3 Å². The second-order valence-electron chi connectivity index (χ2n) is 4.56. The minimum Gasteiger partial charge on any atom is -0.496 e. The number of hydrogen-bond donors (Lipinski definition) is 1. The molecule has 1 saturated heterocycles. The van der Waals surface area contributed by atoms with Crippen LogP contribution < -0.4 is 10.1 Å². The molecule has 1 fully saturated rings. The Hall–Kier alpha value is -1.75. The number of nitrogens with one attached hydrogen (secondary N) is 1. The van der Waals surface area contributed by atoms with E-state index < -0.39 is 6.04 Å². The Morgan fingerprint density at radius 3 is 2.95 bits per heavy atom. The summed E-state index contributed by atoms with van der Waals surface area (Å²) in [6.45, 7) is 2.85. The first kappa shape index (κ1) is 14.7. The van der Waals surface area contributed by atoms with Crippen molar-refractivity contribution in [3.05, 3.63) is 28.8 Å². The Labute approximate surface area is 122 Å². The van der Waals surface area contributed by atoms with E-state index in [-0.39, 0.29) is 11.8 Å². The first-order valence-electron chi connectivity index (χ1n) is 6.50. The van der Waals surface area contributed by atoms with Crippen molar-refractivity contribution < 1.29 is 14.3 Å². The van der Waals surface area contributed by atoms with E-state index in [9.17, 15) is 9.59 Å². The summed E-state index contributed by atoms with van der Waals surface area (Å²) in [4.78, 5) is 26.0. The molecule has 1 aliphatic rings. The molecule has 0 bridgehead atoms. The minimum absolute atomic E-state index is 0.111. The molecule has 1 aromatic rings. The second-order valence-corrected chi connectivity index (χ2v) is 4.99. The average Bonchev–Trinajstić information content (AvgIpc) is 2.46. The van der Waals surface area contributed by atoms with E-state index in [1.165, 1.54) is 7.11 Å². The zero-order chi connectivity index (χ0) is 14.7. The SMILES string of the molecule is CCC1C(=O)NCCN1C(=O)c1ccc(Cl)cc1OC. The number of nitrogens with zero attached hydrogens (tertiary/aromatic N) is 1. The number of ether oxygens (including phenoxy) is 1. The lowest BCUT2D eigenvalue weighted by atomic mass is 10.1. The van der Waals surface area contributed by atoms with Crippen LogP contribution in [0.15, 0.2) is 18.2 Å². The molecule has 1 aromatic carbocycles. The maximum atomic E-state index is 12.6. The van der Waals surface area contributed by atoms with Crippen molar-refractivity contribution in [3.8, 4) is 5.75 Å². The summed E-state index contributed by atoms with van der Waals surface area (Å²) >= 11 is 5.90. The fourth-order valence-electron chi connectivity index (χ4n) is 2.36. The van der Waals surface area contributed by atoms with Crippen LogP contribution in [0.4, 0.5) is 0 Å². The lowest BCUT2D eigenvalue weighted by molar-refractivity contribution is -0.127. The molecule has 1 unspecified atom stereocenters. The minimum atomic E-state index is -0.434. The largest absolute Gasteiger partial charge is 0.496 e. The highest BCUT2D eigenvalue weighted by molar-refractivity contribution is 6.30. The Morgan fingerprint density at radius 2 is 2.30 bits per heavy atom. The Bertz CT molecular complexity index is 533. The summed E-state index contributed by atoms with van der Waals surface area (Å²) in [5, 5.41) is 3.27. The molecule has 5 nitrogen and oxygen atoms in total. The first-order valence-corrected chi connectivity index (χ1v) is 6.88. The van der Waals surface area contributed by atoms with Crippen molar-refractivity contribution in [1.29, 1.82) is 0 Å². The molecule has 1 atom stereocenters. The van der Waals surface area contributed by atoms with Crippen LogP contribution in [-0.4, -0.2) is 43.0 Å². The van der Waals surface area contributed by atoms with E-state index in [2.05, 4.69) is 5.32 Å². The topological polar surface area (TPSA) is 58.6 Å². The van der Waals surface area contributed by atoms with Gasteiger partial charge in [-0.1, -0.05) is 18.5 Å². The van der Waals surface area contributed by atoms with Crippen molar-refractivity contribution in [2.24, 2.45) is 0 Å². The van der Waals surface area contributed by atoms with Crippen LogP contribution in [0.3, 0.4) is 0 Å². The highest BCUT2D eigenvalue weighted by Crippen LogP contribution is 2.25. The molecular formula is C14H17ClN2O3. The average molecular weight is 297 g/mol. The Balaban J connectivity index is 2.32. The number of carbonyl (C=O) groups is 2. The number of benzene rings is 1. The fraction of sp³-hybridized carbons (Fsp3) is 0.429. The summed E-state index contributed by atoms with van der Waals surface area (Å²) < 4.78 is 5.20. The Morgan fingerprint density at radius 1 is 1.55 bits per heavy atom. The normalized spacial score (nSPS) is 18.6. The van der Waals surface area contributed by atoms with Crippen LogP contribution in [0.1, 0.15) is 23.7 Å². The van der Waals surface area contributed by atoms with Crippen molar-refractivity contribution in [1.82, 2.24) is 10.2 Å². The lowest BCUT2D eigenvalue weighted by Gasteiger charge is -2.34. The molecule has 1 heterocycles. The van der Waals surface area contributed by atoms with Crippen LogP contribution >= 0.6 is 11.6 Å². The number of hydrogen-bond acceptors (Lipinski definition) is 3. The van der Waals surface area contributed by atoms with Gasteiger partial charge >= 0.3 is 0 Å². The van der Waals surface area contributed by atoms with Crippen LogP contribution in [0.2, 0.25) is 5.02 Å². The van der Waals surface area contributed by atoms with Gasteiger partial charge in [-0.05, 0) is 24.6 Å². The smallest absolute Gasteiger partial charge is 0.258 e. The number of piperazine rings is 1. The van der Waals surface area contributed by atoms with Crippen molar-refractivity contribution >= 4 is 23.4 Å². The third kappa shape index (κ3) is 2.72. The second kappa shape index (κ2) is 6.13. The van der Waals surface area contributed by atoms with Crippen LogP contribution in [0, 0.1) is 0 Å². The third-order valence-corrected chi connectivity index (χ3v) is 3.61. The fourth-order valence-corrected chi connectivity index (χ4v) is 2.52. The van der Waals surface area contributed by atoms with Gasteiger partial charge in [0.2, 0.25) is 5.91 Å². The molecule has 108 valence electrons. The lowest BCUT2D eigenvalue weighted by Crippen LogP contribution is -2.56. The molecule has 0 radical (unpaired) electrons. The van der Waals surface area contributed by atoms with E-state index in [0.29, 0.717) is 35.8 Å². The number of carbonyl (C=O) groups excluding carboxylic acids is 2. The van der Waals surface area contributed by atoms with E-state index >= 15 is 0 Å². The quantitative estimate of drug-likeness (QED) is 0.923. The molecular weight excluding hydrogens is 280 g/mol. The van der Waals surface area contributed by atoms with Crippen molar-refractivity contribution in [2.75, 3.05) is 20.2 Å². The van der Waals surface area contributed by atoms with E-state index in [1.807, 2.05) is 6.92 Å². The van der Waals surface area contributed by atoms with Gasteiger partial charge in [0.1, 0.15) is 11.8 Å². The molecule has 0 saturated carbocycles. The number of rotatable bonds is 3. The summed E-state index contributed by atoms with van der Waals surface area (Å²) in [6, 6.07) is 4.43. The highest BCUT2D eigenvalue weighted by Gasteiger charge is 2.33. The zero-order valence-corrected chi connectivity index (χ0v) is 12.2. The van der Waals surface area contributed by atoms with Gasteiger partial charge in [-0.25, -0.2) is 0 Å². The van der Waals surface area contributed by atoms with Gasteiger partial charge in [0.15, 0.2) is 0 Å². The van der Waals surface area contributed by atoms with Gasteiger partial charge < -0.3 is 15.0 Å².